The fourth-order valence-electron chi connectivity index (χ4n) is 1.91. The predicted octanol–water partition coefficient (Wildman–Crippen LogP) is 3.55. The molecular weight excluding hydrogens is 240 g/mol. The second-order valence-electron chi connectivity index (χ2n) is 4.56. The maximum atomic E-state index is 11.6. The van der Waals surface area contributed by atoms with Gasteiger partial charge in [0.15, 0.2) is 0 Å². The van der Waals surface area contributed by atoms with E-state index in [-0.39, 0.29) is 0 Å². The Morgan fingerprint density at radius 3 is 2.53 bits per heavy atom. The van der Waals surface area contributed by atoms with Crippen molar-refractivity contribution in [3.8, 4) is 0 Å². The van der Waals surface area contributed by atoms with Gasteiger partial charge in [-0.2, -0.15) is 0 Å². The van der Waals surface area contributed by atoms with Crippen LogP contribution in [0.15, 0.2) is 36.4 Å². The first kappa shape index (κ1) is 15.2. The Morgan fingerprint density at radius 1 is 1.26 bits per heavy atom. The molecule has 0 heterocycles. The first-order valence-corrected chi connectivity index (χ1v) is 6.64. The Hall–Kier alpha value is -1.90. The summed E-state index contributed by atoms with van der Waals surface area (Å²) in [4.78, 5) is 22.3. The molecule has 0 spiro atoms. The van der Waals surface area contributed by atoms with E-state index >= 15 is 0 Å². The molecule has 0 bridgehead atoms. The minimum Gasteiger partial charge on any atom is -0.475 e. The van der Waals surface area contributed by atoms with E-state index in [2.05, 4.69) is 0 Å². The normalized spacial score (nSPS) is 12.5. The van der Waals surface area contributed by atoms with Gasteiger partial charge in [-0.15, -0.1) is 0 Å². The molecule has 1 N–H and O–H groups in total. The molecule has 0 amide bonds. The largest absolute Gasteiger partial charge is 0.475 e. The van der Waals surface area contributed by atoms with Crippen LogP contribution in [-0.2, 0) is 9.59 Å². The average molecular weight is 260 g/mol. The van der Waals surface area contributed by atoms with Gasteiger partial charge in [-0.1, -0.05) is 62.2 Å². The summed E-state index contributed by atoms with van der Waals surface area (Å²) >= 11 is 0. The van der Waals surface area contributed by atoms with Crippen LogP contribution in [0.5, 0.6) is 0 Å². The highest BCUT2D eigenvalue weighted by Crippen LogP contribution is 2.16. The predicted molar refractivity (Wildman–Crippen MR) is 75.8 cm³/mol. The molecule has 19 heavy (non-hydrogen) atoms. The van der Waals surface area contributed by atoms with Crippen molar-refractivity contribution in [3.05, 3.63) is 42.0 Å². The average Bonchev–Trinajstić information content (AvgIpc) is 2.43. The topological polar surface area (TPSA) is 54.4 Å². The second kappa shape index (κ2) is 8.25. The van der Waals surface area contributed by atoms with Crippen LogP contribution in [-0.4, -0.2) is 16.9 Å². The lowest BCUT2D eigenvalue weighted by molar-refractivity contribution is -0.151. The van der Waals surface area contributed by atoms with Gasteiger partial charge in [-0.25, -0.2) is 4.79 Å². The van der Waals surface area contributed by atoms with Crippen LogP contribution in [0.1, 0.15) is 38.2 Å². The summed E-state index contributed by atoms with van der Waals surface area (Å²) in [6.07, 6.45) is 6.78. The molecule has 0 aromatic heterocycles. The highest BCUT2D eigenvalue weighted by Gasteiger charge is 2.22. The molecule has 1 rings (SSSR count). The summed E-state index contributed by atoms with van der Waals surface area (Å²) in [7, 11) is 0. The van der Waals surface area contributed by atoms with Crippen molar-refractivity contribution < 1.29 is 14.7 Å². The van der Waals surface area contributed by atoms with Crippen LogP contribution in [0.25, 0.3) is 6.08 Å². The van der Waals surface area contributed by atoms with E-state index in [1.807, 2.05) is 49.4 Å². The van der Waals surface area contributed by atoms with Crippen molar-refractivity contribution in [3.63, 3.8) is 0 Å². The molecule has 0 radical (unpaired) electrons. The number of aliphatic carboxylic acids is 1. The zero-order valence-corrected chi connectivity index (χ0v) is 11.2. The number of carbonyl (C=O) groups excluding carboxylic acids is 1. The van der Waals surface area contributed by atoms with E-state index in [0.717, 1.165) is 18.4 Å². The molecule has 3 nitrogen and oxygen atoms in total. The van der Waals surface area contributed by atoms with Gasteiger partial charge in [-0.3, -0.25) is 4.79 Å². The molecular formula is C16H20O3. The van der Waals surface area contributed by atoms with E-state index in [0.29, 0.717) is 12.8 Å². The minimum atomic E-state index is -1.32. The van der Waals surface area contributed by atoms with Gasteiger partial charge >= 0.3 is 5.97 Å². The number of unbranched alkanes of at least 4 members (excludes halogenated alkanes) is 1. The minimum absolute atomic E-state index is 0.405. The van der Waals surface area contributed by atoms with Crippen molar-refractivity contribution in [2.75, 3.05) is 0 Å². The maximum Gasteiger partial charge on any atom is 0.372 e. The monoisotopic (exact) mass is 260 g/mol. The first-order valence-electron chi connectivity index (χ1n) is 6.64. The third kappa shape index (κ3) is 5.51. The van der Waals surface area contributed by atoms with Crippen LogP contribution in [0, 0.1) is 5.92 Å². The zero-order valence-electron chi connectivity index (χ0n) is 11.2. The van der Waals surface area contributed by atoms with E-state index in [9.17, 15) is 9.59 Å². The fourth-order valence-corrected chi connectivity index (χ4v) is 1.91. The third-order valence-corrected chi connectivity index (χ3v) is 3.02. The summed E-state index contributed by atoms with van der Waals surface area (Å²) < 4.78 is 0. The Labute approximate surface area is 114 Å². The molecule has 1 aromatic rings. The molecule has 102 valence electrons. The van der Waals surface area contributed by atoms with Gasteiger partial charge in [0.1, 0.15) is 0 Å². The number of benzene rings is 1. The number of hydrogen-bond donors (Lipinski definition) is 1. The molecule has 0 fully saturated rings. The molecule has 1 unspecified atom stereocenters. The number of carboxylic acid groups (broad SMARTS) is 1. The molecule has 0 saturated heterocycles. The Morgan fingerprint density at radius 2 is 1.95 bits per heavy atom. The van der Waals surface area contributed by atoms with E-state index in [1.165, 1.54) is 0 Å². The van der Waals surface area contributed by atoms with Crippen molar-refractivity contribution in [2.24, 2.45) is 5.92 Å². The Bertz CT molecular complexity index is 435. The zero-order chi connectivity index (χ0) is 14.1. The molecule has 0 saturated carbocycles. The SMILES string of the molecule is CCCCC(CC=Cc1ccccc1)C(=O)C(=O)O. The lowest BCUT2D eigenvalue weighted by atomic mass is 9.93. The van der Waals surface area contributed by atoms with Crippen LogP contribution < -0.4 is 0 Å². The van der Waals surface area contributed by atoms with Gasteiger partial charge < -0.3 is 5.11 Å². The van der Waals surface area contributed by atoms with Crippen LogP contribution in [0.4, 0.5) is 0 Å². The van der Waals surface area contributed by atoms with Gasteiger partial charge in [0.2, 0.25) is 5.78 Å². The molecule has 0 aliphatic rings. The summed E-state index contributed by atoms with van der Waals surface area (Å²) in [5.41, 5.74) is 1.06. The van der Waals surface area contributed by atoms with Crippen LogP contribution in [0.2, 0.25) is 0 Å². The standard InChI is InChI=1S/C16H20O3/c1-2-3-11-14(15(17)16(18)19)12-7-10-13-8-5-4-6-9-13/h4-10,14H,2-3,11-12H2,1H3,(H,18,19). The smallest absolute Gasteiger partial charge is 0.372 e. The second-order valence-corrected chi connectivity index (χ2v) is 4.56. The van der Waals surface area contributed by atoms with Crippen molar-refractivity contribution in [1.29, 1.82) is 0 Å². The summed E-state index contributed by atoms with van der Waals surface area (Å²) in [5.74, 6) is -2.40. The highest BCUT2D eigenvalue weighted by atomic mass is 16.4. The third-order valence-electron chi connectivity index (χ3n) is 3.02. The number of ketones is 1. The summed E-state index contributed by atoms with van der Waals surface area (Å²) in [6.45, 7) is 2.03. The molecule has 0 aliphatic heterocycles. The first-order chi connectivity index (χ1) is 9.15. The van der Waals surface area contributed by atoms with E-state index in [4.69, 9.17) is 5.11 Å². The summed E-state index contributed by atoms with van der Waals surface area (Å²) in [5, 5.41) is 8.79. The van der Waals surface area contributed by atoms with Crippen LogP contribution >= 0.6 is 0 Å². The van der Waals surface area contributed by atoms with Gasteiger partial charge in [-0.05, 0) is 18.4 Å². The number of carbonyl (C=O) groups is 2. The Balaban J connectivity index is 2.60. The van der Waals surface area contributed by atoms with Crippen molar-refractivity contribution in [1.82, 2.24) is 0 Å². The highest BCUT2D eigenvalue weighted by molar-refractivity contribution is 6.33. The number of carboxylic acids is 1. The van der Waals surface area contributed by atoms with Crippen LogP contribution in [0.3, 0.4) is 0 Å². The van der Waals surface area contributed by atoms with Crippen molar-refractivity contribution in [2.45, 2.75) is 32.6 Å². The number of Topliss-reactive ketones (excluding diaryl/α,β-unsaturated/α-hetero) is 1. The quantitative estimate of drug-likeness (QED) is 0.727. The number of allylic oxidation sites excluding steroid dienone is 1. The molecule has 0 aliphatic carbocycles. The molecule has 3 heteroatoms. The van der Waals surface area contributed by atoms with Gasteiger partial charge in [0.25, 0.3) is 0 Å². The molecule has 1 atom stereocenters. The fraction of sp³-hybridized carbons (Fsp3) is 0.375. The Kier molecular flexibility index (Phi) is 6.58. The number of rotatable bonds is 8. The van der Waals surface area contributed by atoms with Gasteiger partial charge in [0.05, 0.1) is 0 Å². The summed E-state index contributed by atoms with van der Waals surface area (Å²) in [6, 6.07) is 9.76. The van der Waals surface area contributed by atoms with E-state index in [1.54, 1.807) is 0 Å². The molecule has 1 aromatic carbocycles. The lowest BCUT2D eigenvalue weighted by Gasteiger charge is -2.10. The van der Waals surface area contributed by atoms with Crippen molar-refractivity contribution >= 4 is 17.8 Å². The maximum absolute atomic E-state index is 11.6. The lowest BCUT2D eigenvalue weighted by Crippen LogP contribution is -2.23. The van der Waals surface area contributed by atoms with E-state index < -0.39 is 17.7 Å². The van der Waals surface area contributed by atoms with Gasteiger partial charge in [0, 0.05) is 5.92 Å². The number of hydrogen-bond acceptors (Lipinski definition) is 2.